The van der Waals surface area contributed by atoms with Crippen LogP contribution in [0.3, 0.4) is 0 Å². The van der Waals surface area contributed by atoms with Crippen LogP contribution in [0.25, 0.3) is 6.08 Å². The molecule has 1 aliphatic carbocycles. The minimum absolute atomic E-state index is 0.0886. The van der Waals surface area contributed by atoms with Gasteiger partial charge in [0.2, 0.25) is 0 Å². The summed E-state index contributed by atoms with van der Waals surface area (Å²) in [6, 6.07) is 18.7. The summed E-state index contributed by atoms with van der Waals surface area (Å²) in [5, 5.41) is 31.9. The highest BCUT2D eigenvalue weighted by molar-refractivity contribution is 7.16. The van der Waals surface area contributed by atoms with E-state index < -0.39 is 5.91 Å². The number of fused-ring (bicyclic) bond motifs is 1. The predicted octanol–water partition coefficient (Wildman–Crippen LogP) is 5.89. The number of nitrogens with zero attached hydrogens (tertiary/aromatic N) is 3. The number of nitrogens with one attached hydrogen (secondary N) is 1. The second-order valence-electron chi connectivity index (χ2n) is 8.35. The van der Waals surface area contributed by atoms with Crippen molar-refractivity contribution in [3.05, 3.63) is 80.7 Å². The average molecular weight is 509 g/mol. The Kier molecular flexibility index (Phi) is 8.21. The van der Waals surface area contributed by atoms with Crippen LogP contribution in [-0.4, -0.2) is 12.5 Å². The fraction of sp³-hybridized carbons (Fsp3) is 0.241. The van der Waals surface area contributed by atoms with Crippen LogP contribution in [0.15, 0.2) is 48.0 Å². The maximum atomic E-state index is 12.9. The standard InChI is InChI=1S/C29H24N4O3S/c1-2-35-26-14-19(11-12-25(26)36-18-21-8-4-3-7-20(21)15-30)13-22(16-31)28(34)33-29-24(17-32)23-9-5-6-10-27(23)37-29/h3-4,7-8,11-14H,2,5-6,9-10,18H2,1H3,(H,33,34)/b22-13+. The van der Waals surface area contributed by atoms with E-state index in [9.17, 15) is 20.6 Å². The Hall–Kier alpha value is -4.58. The van der Waals surface area contributed by atoms with Gasteiger partial charge in [0.05, 0.1) is 23.8 Å². The molecular formula is C29H24N4O3S. The number of hydrogen-bond acceptors (Lipinski definition) is 7. The largest absolute Gasteiger partial charge is 0.490 e. The number of aryl methyl sites for hydroxylation is 1. The second kappa shape index (κ2) is 11.9. The van der Waals surface area contributed by atoms with Gasteiger partial charge in [0.1, 0.15) is 29.3 Å². The minimum Gasteiger partial charge on any atom is -0.490 e. The number of nitriles is 3. The number of hydrogen-bond donors (Lipinski definition) is 1. The highest BCUT2D eigenvalue weighted by atomic mass is 32.1. The maximum Gasteiger partial charge on any atom is 0.266 e. The normalized spacial score (nSPS) is 12.4. The first-order valence-corrected chi connectivity index (χ1v) is 12.7. The Labute approximate surface area is 219 Å². The summed E-state index contributed by atoms with van der Waals surface area (Å²) in [5.41, 5.74) is 3.32. The molecule has 0 bridgehead atoms. The third-order valence-corrected chi connectivity index (χ3v) is 7.18. The molecule has 0 radical (unpaired) electrons. The van der Waals surface area contributed by atoms with Gasteiger partial charge < -0.3 is 14.8 Å². The molecule has 4 rings (SSSR count). The zero-order valence-corrected chi connectivity index (χ0v) is 21.2. The average Bonchev–Trinajstić information content (AvgIpc) is 3.28. The van der Waals surface area contributed by atoms with E-state index in [1.54, 1.807) is 30.3 Å². The zero-order chi connectivity index (χ0) is 26.2. The Bertz CT molecular complexity index is 1480. The van der Waals surface area contributed by atoms with E-state index in [0.29, 0.717) is 39.8 Å². The van der Waals surface area contributed by atoms with Gasteiger partial charge in [-0.25, -0.2) is 0 Å². The Balaban J connectivity index is 1.54. The third kappa shape index (κ3) is 5.81. The lowest BCUT2D eigenvalue weighted by Gasteiger charge is -2.13. The molecule has 0 saturated carbocycles. The van der Waals surface area contributed by atoms with E-state index in [4.69, 9.17) is 9.47 Å². The highest BCUT2D eigenvalue weighted by Crippen LogP contribution is 2.38. The van der Waals surface area contributed by atoms with Gasteiger partial charge in [-0.2, -0.15) is 15.8 Å². The van der Waals surface area contributed by atoms with Crippen molar-refractivity contribution in [3.8, 4) is 29.7 Å². The van der Waals surface area contributed by atoms with E-state index >= 15 is 0 Å². The summed E-state index contributed by atoms with van der Waals surface area (Å²) >= 11 is 1.42. The van der Waals surface area contributed by atoms with Crippen LogP contribution >= 0.6 is 11.3 Å². The molecule has 7 nitrogen and oxygen atoms in total. The van der Waals surface area contributed by atoms with Gasteiger partial charge in [0, 0.05) is 10.4 Å². The number of thiophene rings is 1. The quantitative estimate of drug-likeness (QED) is 0.299. The van der Waals surface area contributed by atoms with Crippen molar-refractivity contribution in [1.82, 2.24) is 0 Å². The Morgan fingerprint density at radius 1 is 1.05 bits per heavy atom. The van der Waals surface area contributed by atoms with Crippen LogP contribution in [0.2, 0.25) is 0 Å². The molecular weight excluding hydrogens is 484 g/mol. The van der Waals surface area contributed by atoms with Crippen molar-refractivity contribution >= 4 is 28.3 Å². The van der Waals surface area contributed by atoms with Crippen LogP contribution in [0.5, 0.6) is 11.5 Å². The first kappa shape index (κ1) is 25.5. The first-order chi connectivity index (χ1) is 18.1. The Morgan fingerprint density at radius 3 is 2.62 bits per heavy atom. The van der Waals surface area contributed by atoms with Crippen molar-refractivity contribution in [3.63, 3.8) is 0 Å². The molecule has 8 heteroatoms. The molecule has 0 unspecified atom stereocenters. The molecule has 0 saturated heterocycles. The monoisotopic (exact) mass is 508 g/mol. The predicted molar refractivity (Wildman–Crippen MR) is 141 cm³/mol. The lowest BCUT2D eigenvalue weighted by molar-refractivity contribution is -0.112. The smallest absolute Gasteiger partial charge is 0.266 e. The van der Waals surface area contributed by atoms with Gasteiger partial charge in [0.15, 0.2) is 11.5 Å². The molecule has 184 valence electrons. The fourth-order valence-corrected chi connectivity index (χ4v) is 5.41. The molecule has 0 spiro atoms. The maximum absolute atomic E-state index is 12.9. The van der Waals surface area contributed by atoms with E-state index in [2.05, 4.69) is 17.5 Å². The van der Waals surface area contributed by atoms with Gasteiger partial charge in [-0.1, -0.05) is 24.3 Å². The van der Waals surface area contributed by atoms with Crippen LogP contribution in [-0.2, 0) is 24.2 Å². The van der Waals surface area contributed by atoms with Crippen LogP contribution in [0.1, 0.15) is 52.5 Å². The number of ether oxygens (including phenoxy) is 2. The summed E-state index contributed by atoms with van der Waals surface area (Å²) in [4.78, 5) is 14.1. The lowest BCUT2D eigenvalue weighted by Crippen LogP contribution is -2.13. The molecule has 0 atom stereocenters. The van der Waals surface area contributed by atoms with Crippen molar-refractivity contribution in [2.24, 2.45) is 0 Å². The second-order valence-corrected chi connectivity index (χ2v) is 9.45. The van der Waals surface area contributed by atoms with Gasteiger partial charge in [-0.15, -0.1) is 11.3 Å². The molecule has 1 heterocycles. The third-order valence-electron chi connectivity index (χ3n) is 5.97. The molecule has 0 fully saturated rings. The highest BCUT2D eigenvalue weighted by Gasteiger charge is 2.23. The molecule has 1 N–H and O–H groups in total. The van der Waals surface area contributed by atoms with Crippen molar-refractivity contribution in [2.45, 2.75) is 39.2 Å². The summed E-state index contributed by atoms with van der Waals surface area (Å²) in [6.45, 7) is 2.43. The molecule has 1 amide bonds. The van der Waals surface area contributed by atoms with Crippen LogP contribution in [0, 0.1) is 34.0 Å². The van der Waals surface area contributed by atoms with Crippen molar-refractivity contribution < 1.29 is 14.3 Å². The van der Waals surface area contributed by atoms with Gasteiger partial charge in [-0.3, -0.25) is 4.79 Å². The molecule has 3 aromatic rings. The fourth-order valence-electron chi connectivity index (χ4n) is 4.17. The van der Waals surface area contributed by atoms with E-state index in [1.165, 1.54) is 17.4 Å². The molecule has 37 heavy (non-hydrogen) atoms. The lowest BCUT2D eigenvalue weighted by atomic mass is 9.96. The minimum atomic E-state index is -0.566. The number of amides is 1. The van der Waals surface area contributed by atoms with Gasteiger partial charge >= 0.3 is 0 Å². The summed E-state index contributed by atoms with van der Waals surface area (Å²) < 4.78 is 11.7. The SMILES string of the molecule is CCOc1cc(/C=C(\C#N)C(=O)Nc2sc3c(c2C#N)CCCC3)ccc1OCc1ccccc1C#N. The van der Waals surface area contributed by atoms with E-state index in [1.807, 2.05) is 25.1 Å². The van der Waals surface area contributed by atoms with Crippen molar-refractivity contribution in [2.75, 3.05) is 11.9 Å². The molecule has 1 aliphatic rings. The summed E-state index contributed by atoms with van der Waals surface area (Å²) in [7, 11) is 0. The number of carbonyl (C=O) groups is 1. The zero-order valence-electron chi connectivity index (χ0n) is 20.3. The topological polar surface area (TPSA) is 119 Å². The van der Waals surface area contributed by atoms with Crippen LogP contribution in [0.4, 0.5) is 5.00 Å². The molecule has 0 aliphatic heterocycles. The number of anilines is 1. The summed E-state index contributed by atoms with van der Waals surface area (Å²) in [5.74, 6) is 0.377. The number of rotatable bonds is 8. The van der Waals surface area contributed by atoms with Gasteiger partial charge in [0.25, 0.3) is 5.91 Å². The molecule has 2 aromatic carbocycles. The van der Waals surface area contributed by atoms with E-state index in [-0.39, 0.29) is 12.2 Å². The number of benzene rings is 2. The van der Waals surface area contributed by atoms with E-state index in [0.717, 1.165) is 41.7 Å². The van der Waals surface area contributed by atoms with Crippen LogP contribution < -0.4 is 14.8 Å². The van der Waals surface area contributed by atoms with Gasteiger partial charge in [-0.05, 0) is 68.0 Å². The Morgan fingerprint density at radius 2 is 1.86 bits per heavy atom. The molecule has 1 aromatic heterocycles. The summed E-state index contributed by atoms with van der Waals surface area (Å²) in [6.07, 6.45) is 5.32. The van der Waals surface area contributed by atoms with Crippen molar-refractivity contribution in [1.29, 1.82) is 15.8 Å². The number of carbonyl (C=O) groups excluding carboxylic acids is 1. The first-order valence-electron chi connectivity index (χ1n) is 11.9.